The number of carbonyl (C=O) groups is 1. The zero-order valence-electron chi connectivity index (χ0n) is 11.4. The lowest BCUT2D eigenvalue weighted by Crippen LogP contribution is -2.42. The third-order valence-electron chi connectivity index (χ3n) is 4.50. The van der Waals surface area contributed by atoms with Gasteiger partial charge in [-0.15, -0.1) is 12.4 Å². The molecule has 4 heteroatoms. The average Bonchev–Trinajstić information content (AvgIpc) is 2.38. The van der Waals surface area contributed by atoms with Gasteiger partial charge in [-0.05, 0) is 37.6 Å². The second-order valence-electron chi connectivity index (χ2n) is 5.81. The number of rotatable bonds is 3. The number of hydrogen-bond acceptors (Lipinski definition) is 2. The quantitative estimate of drug-likeness (QED) is 0.830. The maximum Gasteiger partial charge on any atom is 0.224 e. The molecule has 2 rings (SSSR count). The minimum atomic E-state index is 0. The Kier molecular flexibility index (Phi) is 7.02. The van der Waals surface area contributed by atoms with E-state index < -0.39 is 0 Å². The van der Waals surface area contributed by atoms with Crippen LogP contribution in [0.25, 0.3) is 0 Å². The minimum absolute atomic E-state index is 0. The van der Waals surface area contributed by atoms with Crippen molar-refractivity contribution in [1.29, 1.82) is 0 Å². The molecule has 0 bridgehead atoms. The molecule has 2 N–H and O–H groups in total. The second-order valence-corrected chi connectivity index (χ2v) is 5.81. The van der Waals surface area contributed by atoms with Gasteiger partial charge >= 0.3 is 0 Å². The van der Waals surface area contributed by atoms with Crippen molar-refractivity contribution >= 4 is 18.3 Å². The standard InChI is InChI=1S/C14H26N2O.ClH/c1-11-5-2-3-6-12(11)10-16-14(17)13-7-4-8-15-9-13;/h11-13,15H,2-10H2,1H3,(H,16,17);1H. The van der Waals surface area contributed by atoms with Crippen molar-refractivity contribution in [3.8, 4) is 0 Å². The highest BCUT2D eigenvalue weighted by molar-refractivity contribution is 5.85. The van der Waals surface area contributed by atoms with Crippen molar-refractivity contribution in [1.82, 2.24) is 10.6 Å². The number of carbonyl (C=O) groups excluding carboxylic acids is 1. The van der Waals surface area contributed by atoms with E-state index in [1.165, 1.54) is 25.7 Å². The lowest BCUT2D eigenvalue weighted by Gasteiger charge is -2.30. The molecule has 2 fully saturated rings. The molecule has 0 aromatic carbocycles. The highest BCUT2D eigenvalue weighted by Crippen LogP contribution is 2.28. The molecule has 1 amide bonds. The van der Waals surface area contributed by atoms with Gasteiger partial charge in [-0.1, -0.05) is 26.2 Å². The van der Waals surface area contributed by atoms with E-state index in [-0.39, 0.29) is 24.2 Å². The summed E-state index contributed by atoms with van der Waals surface area (Å²) in [6, 6.07) is 0. The first-order chi connectivity index (χ1) is 8.27. The molecule has 1 aliphatic heterocycles. The maximum atomic E-state index is 12.0. The van der Waals surface area contributed by atoms with Gasteiger partial charge in [0.25, 0.3) is 0 Å². The van der Waals surface area contributed by atoms with E-state index in [0.29, 0.717) is 5.92 Å². The van der Waals surface area contributed by atoms with E-state index in [0.717, 1.165) is 38.4 Å². The highest BCUT2D eigenvalue weighted by Gasteiger charge is 2.24. The Morgan fingerprint density at radius 1 is 1.22 bits per heavy atom. The van der Waals surface area contributed by atoms with E-state index in [1.807, 2.05) is 0 Å². The Hall–Kier alpha value is -0.280. The van der Waals surface area contributed by atoms with Crippen LogP contribution in [0.3, 0.4) is 0 Å². The van der Waals surface area contributed by atoms with Crippen LogP contribution in [-0.4, -0.2) is 25.5 Å². The van der Waals surface area contributed by atoms with Gasteiger partial charge in [0.05, 0.1) is 5.92 Å². The molecular formula is C14H27ClN2O. The molecule has 1 saturated carbocycles. The fraction of sp³-hybridized carbons (Fsp3) is 0.929. The largest absolute Gasteiger partial charge is 0.356 e. The summed E-state index contributed by atoms with van der Waals surface area (Å²) >= 11 is 0. The summed E-state index contributed by atoms with van der Waals surface area (Å²) in [6.07, 6.45) is 7.54. The van der Waals surface area contributed by atoms with Crippen LogP contribution in [0, 0.1) is 17.8 Å². The molecule has 1 saturated heterocycles. The third kappa shape index (κ3) is 4.43. The lowest BCUT2D eigenvalue weighted by atomic mass is 9.80. The molecule has 1 heterocycles. The number of nitrogens with one attached hydrogen (secondary N) is 2. The van der Waals surface area contributed by atoms with Crippen LogP contribution in [0.5, 0.6) is 0 Å². The summed E-state index contributed by atoms with van der Waals surface area (Å²) in [5.74, 6) is 1.98. The first-order valence-corrected chi connectivity index (χ1v) is 7.26. The monoisotopic (exact) mass is 274 g/mol. The van der Waals surface area contributed by atoms with Gasteiger partial charge in [-0.3, -0.25) is 4.79 Å². The normalized spacial score (nSPS) is 32.4. The van der Waals surface area contributed by atoms with E-state index in [4.69, 9.17) is 0 Å². The number of hydrogen-bond donors (Lipinski definition) is 2. The molecule has 18 heavy (non-hydrogen) atoms. The number of amides is 1. The van der Waals surface area contributed by atoms with Gasteiger partial charge in [0.2, 0.25) is 5.91 Å². The number of halogens is 1. The van der Waals surface area contributed by atoms with Crippen molar-refractivity contribution in [2.24, 2.45) is 17.8 Å². The molecule has 0 aromatic heterocycles. The minimum Gasteiger partial charge on any atom is -0.356 e. The molecule has 0 aromatic rings. The van der Waals surface area contributed by atoms with Gasteiger partial charge in [0, 0.05) is 13.1 Å². The van der Waals surface area contributed by atoms with E-state index in [9.17, 15) is 4.79 Å². The van der Waals surface area contributed by atoms with E-state index in [1.54, 1.807) is 0 Å². The molecule has 2 aliphatic rings. The van der Waals surface area contributed by atoms with Gasteiger partial charge in [0.15, 0.2) is 0 Å². The zero-order valence-corrected chi connectivity index (χ0v) is 12.2. The molecule has 3 nitrogen and oxygen atoms in total. The van der Waals surface area contributed by atoms with E-state index >= 15 is 0 Å². The average molecular weight is 275 g/mol. The Balaban J connectivity index is 0.00000162. The van der Waals surface area contributed by atoms with Crippen LogP contribution in [0.1, 0.15) is 45.4 Å². The topological polar surface area (TPSA) is 41.1 Å². The van der Waals surface area contributed by atoms with Crippen LogP contribution < -0.4 is 10.6 Å². The van der Waals surface area contributed by atoms with Crippen LogP contribution in [0.15, 0.2) is 0 Å². The Morgan fingerprint density at radius 2 is 2.00 bits per heavy atom. The second kappa shape index (κ2) is 8.00. The summed E-state index contributed by atoms with van der Waals surface area (Å²) in [4.78, 5) is 12.0. The van der Waals surface area contributed by atoms with Gasteiger partial charge < -0.3 is 10.6 Å². The Morgan fingerprint density at radius 3 is 2.67 bits per heavy atom. The fourth-order valence-corrected chi connectivity index (χ4v) is 3.15. The molecule has 3 unspecified atom stereocenters. The molecular weight excluding hydrogens is 248 g/mol. The molecule has 1 aliphatic carbocycles. The Bertz CT molecular complexity index is 254. The fourth-order valence-electron chi connectivity index (χ4n) is 3.15. The maximum absolute atomic E-state index is 12.0. The van der Waals surface area contributed by atoms with Crippen LogP contribution >= 0.6 is 12.4 Å². The zero-order chi connectivity index (χ0) is 12.1. The van der Waals surface area contributed by atoms with Gasteiger partial charge in [-0.25, -0.2) is 0 Å². The Labute approximate surface area is 117 Å². The van der Waals surface area contributed by atoms with Crippen molar-refractivity contribution in [2.45, 2.75) is 45.4 Å². The van der Waals surface area contributed by atoms with Crippen LogP contribution in [0.2, 0.25) is 0 Å². The van der Waals surface area contributed by atoms with Crippen molar-refractivity contribution in [3.63, 3.8) is 0 Å². The van der Waals surface area contributed by atoms with E-state index in [2.05, 4.69) is 17.6 Å². The predicted molar refractivity (Wildman–Crippen MR) is 77.0 cm³/mol. The molecule has 0 spiro atoms. The first-order valence-electron chi connectivity index (χ1n) is 7.26. The van der Waals surface area contributed by atoms with Crippen LogP contribution in [-0.2, 0) is 4.79 Å². The molecule has 3 atom stereocenters. The third-order valence-corrected chi connectivity index (χ3v) is 4.50. The first kappa shape index (κ1) is 15.8. The number of piperidine rings is 1. The highest BCUT2D eigenvalue weighted by atomic mass is 35.5. The summed E-state index contributed by atoms with van der Waals surface area (Å²) in [5.41, 5.74) is 0. The van der Waals surface area contributed by atoms with Crippen molar-refractivity contribution < 1.29 is 4.79 Å². The SMILES string of the molecule is CC1CCCCC1CNC(=O)C1CCCNC1.Cl. The van der Waals surface area contributed by atoms with Crippen molar-refractivity contribution in [2.75, 3.05) is 19.6 Å². The van der Waals surface area contributed by atoms with Gasteiger partial charge in [-0.2, -0.15) is 0 Å². The summed E-state index contributed by atoms with van der Waals surface area (Å²) in [5, 5.41) is 6.48. The lowest BCUT2D eigenvalue weighted by molar-refractivity contribution is -0.125. The summed E-state index contributed by atoms with van der Waals surface area (Å²) in [6.45, 7) is 5.17. The summed E-state index contributed by atoms with van der Waals surface area (Å²) in [7, 11) is 0. The smallest absolute Gasteiger partial charge is 0.224 e. The molecule has 106 valence electrons. The van der Waals surface area contributed by atoms with Crippen molar-refractivity contribution in [3.05, 3.63) is 0 Å². The van der Waals surface area contributed by atoms with Gasteiger partial charge in [0.1, 0.15) is 0 Å². The predicted octanol–water partition coefficient (Wildman–Crippen LogP) is 2.35. The van der Waals surface area contributed by atoms with Crippen LogP contribution in [0.4, 0.5) is 0 Å². The summed E-state index contributed by atoms with van der Waals surface area (Å²) < 4.78 is 0. The molecule has 0 radical (unpaired) electrons.